The van der Waals surface area contributed by atoms with Crippen molar-refractivity contribution in [2.45, 2.75) is 38.1 Å². The minimum absolute atomic E-state index is 0.00928. The number of likely N-dealkylation sites (tertiary alicyclic amines) is 2. The molecule has 42 heavy (non-hydrogen) atoms. The zero-order valence-electron chi connectivity index (χ0n) is 23.2. The number of piperidine rings is 1. The van der Waals surface area contributed by atoms with Crippen LogP contribution in [0, 0.1) is 16.7 Å². The van der Waals surface area contributed by atoms with Gasteiger partial charge in [0.15, 0.2) is 0 Å². The van der Waals surface area contributed by atoms with Crippen LogP contribution < -0.4 is 10.6 Å². The molecule has 0 aromatic heterocycles. The maximum Gasteiger partial charge on any atom is 0.321 e. The molecule has 2 heterocycles. The fourth-order valence-electron chi connectivity index (χ4n) is 6.52. The van der Waals surface area contributed by atoms with Crippen molar-refractivity contribution in [3.8, 4) is 6.07 Å². The fraction of sp³-hybridized carbons (Fsp3) is 0.333. The van der Waals surface area contributed by atoms with E-state index in [1.54, 1.807) is 48.5 Å². The molecule has 9 heteroatoms. The van der Waals surface area contributed by atoms with E-state index < -0.39 is 0 Å². The number of carbonyl (C=O) groups is 3. The maximum absolute atomic E-state index is 13.6. The van der Waals surface area contributed by atoms with Crippen LogP contribution in [0.3, 0.4) is 0 Å². The van der Waals surface area contributed by atoms with E-state index in [-0.39, 0.29) is 29.3 Å². The van der Waals surface area contributed by atoms with Gasteiger partial charge in [-0.05, 0) is 91.1 Å². The van der Waals surface area contributed by atoms with Crippen molar-refractivity contribution < 1.29 is 14.4 Å². The van der Waals surface area contributed by atoms with Gasteiger partial charge in [0.2, 0.25) is 0 Å². The van der Waals surface area contributed by atoms with Gasteiger partial charge in [0.05, 0.1) is 28.3 Å². The summed E-state index contributed by atoms with van der Waals surface area (Å²) in [6.07, 6.45) is 4.22. The van der Waals surface area contributed by atoms with Crippen LogP contribution in [0.5, 0.6) is 0 Å². The monoisotopic (exact) mass is 581 g/mol. The highest BCUT2D eigenvalue weighted by Crippen LogP contribution is 2.41. The number of halogens is 1. The summed E-state index contributed by atoms with van der Waals surface area (Å²) in [4.78, 5) is 43.1. The quantitative estimate of drug-likeness (QED) is 0.407. The first-order valence-corrected chi connectivity index (χ1v) is 14.8. The molecule has 2 fully saturated rings. The standard InChI is InChI=1S/C33H32ClN5O3/c34-28-7-2-1-6-26(28)30(40)37-29-11-10-23-8-9-24(19-27(23)29)31(41)39-17-14-33(21-39)12-15-38(16-13-33)32(42)36-25-5-3-4-22(18-25)20-35/h1-9,18-19,29H,10-17,21H2,(H,36,42)(H,37,40). The Kier molecular flexibility index (Phi) is 7.61. The molecule has 2 N–H and O–H groups in total. The topological polar surface area (TPSA) is 106 Å². The van der Waals surface area contributed by atoms with Crippen LogP contribution in [0.25, 0.3) is 0 Å². The molecule has 2 aliphatic heterocycles. The molecule has 3 aromatic rings. The molecule has 3 aliphatic rings. The first-order valence-electron chi connectivity index (χ1n) is 14.4. The Morgan fingerprint density at radius 2 is 1.69 bits per heavy atom. The Balaban J connectivity index is 1.06. The second-order valence-corrected chi connectivity index (χ2v) is 12.0. The second kappa shape index (κ2) is 11.5. The highest BCUT2D eigenvalue weighted by atomic mass is 35.5. The molecule has 2 saturated heterocycles. The summed E-state index contributed by atoms with van der Waals surface area (Å²) in [6.45, 7) is 2.61. The third-order valence-electron chi connectivity index (χ3n) is 8.97. The Hall–Kier alpha value is -4.35. The average Bonchev–Trinajstić information content (AvgIpc) is 3.61. The van der Waals surface area contributed by atoms with Crippen LogP contribution in [-0.2, 0) is 6.42 Å². The number of nitrogens with zero attached hydrogens (tertiary/aromatic N) is 3. The first-order chi connectivity index (χ1) is 20.3. The lowest BCUT2D eigenvalue weighted by Gasteiger charge is -2.39. The zero-order chi connectivity index (χ0) is 29.3. The highest BCUT2D eigenvalue weighted by molar-refractivity contribution is 6.33. The van der Waals surface area contributed by atoms with E-state index in [1.807, 2.05) is 28.0 Å². The molecule has 0 bridgehead atoms. The number of nitrogens with one attached hydrogen (secondary N) is 2. The number of hydrogen-bond acceptors (Lipinski definition) is 4. The number of carbonyl (C=O) groups excluding carboxylic acids is 3. The van der Waals surface area contributed by atoms with Gasteiger partial charge in [0, 0.05) is 37.4 Å². The van der Waals surface area contributed by atoms with E-state index in [2.05, 4.69) is 16.7 Å². The second-order valence-electron chi connectivity index (χ2n) is 11.5. The number of aryl methyl sites for hydroxylation is 1. The van der Waals surface area contributed by atoms with E-state index in [1.165, 1.54) is 0 Å². The van der Waals surface area contributed by atoms with Crippen LogP contribution in [0.1, 0.15) is 69.1 Å². The molecule has 1 aliphatic carbocycles. The lowest BCUT2D eigenvalue weighted by Crippen LogP contribution is -2.46. The van der Waals surface area contributed by atoms with Crippen LogP contribution in [0.4, 0.5) is 10.5 Å². The summed E-state index contributed by atoms with van der Waals surface area (Å²) < 4.78 is 0. The summed E-state index contributed by atoms with van der Waals surface area (Å²) in [5.41, 5.74) is 4.35. The number of fused-ring (bicyclic) bond motifs is 1. The Bertz CT molecular complexity index is 1590. The lowest BCUT2D eigenvalue weighted by molar-refractivity contribution is 0.0739. The zero-order valence-corrected chi connectivity index (χ0v) is 24.0. The number of hydrogen-bond donors (Lipinski definition) is 2. The predicted octanol–water partition coefficient (Wildman–Crippen LogP) is 5.79. The number of urea groups is 1. The van der Waals surface area contributed by atoms with Gasteiger partial charge in [0.25, 0.3) is 11.8 Å². The van der Waals surface area contributed by atoms with Crippen molar-refractivity contribution >= 4 is 35.1 Å². The molecular weight excluding hydrogens is 550 g/mol. The molecule has 4 amide bonds. The SMILES string of the molecule is N#Cc1cccc(NC(=O)N2CCC3(CC2)CCN(C(=O)c2ccc4c(c2)C(NC(=O)c2ccccc2Cl)CC4)C3)c1. The largest absolute Gasteiger partial charge is 0.345 e. The van der Waals surface area contributed by atoms with E-state index in [4.69, 9.17) is 16.9 Å². The van der Waals surface area contributed by atoms with E-state index in [0.29, 0.717) is 53.6 Å². The number of benzene rings is 3. The summed E-state index contributed by atoms with van der Waals surface area (Å²) in [5, 5.41) is 15.5. The van der Waals surface area contributed by atoms with Gasteiger partial charge in [-0.1, -0.05) is 35.9 Å². The lowest BCUT2D eigenvalue weighted by atomic mass is 9.78. The molecule has 1 spiro atoms. The minimum Gasteiger partial charge on any atom is -0.345 e. The highest BCUT2D eigenvalue weighted by Gasteiger charge is 2.43. The molecule has 1 atom stereocenters. The molecule has 1 unspecified atom stereocenters. The van der Waals surface area contributed by atoms with Gasteiger partial charge in [-0.25, -0.2) is 4.79 Å². The van der Waals surface area contributed by atoms with Crippen molar-refractivity contribution in [1.82, 2.24) is 15.1 Å². The summed E-state index contributed by atoms with van der Waals surface area (Å²) in [7, 11) is 0. The van der Waals surface area contributed by atoms with Gasteiger partial charge < -0.3 is 20.4 Å². The van der Waals surface area contributed by atoms with Crippen molar-refractivity contribution in [1.29, 1.82) is 5.26 Å². The molecular formula is C33H32ClN5O3. The molecule has 214 valence electrons. The third kappa shape index (κ3) is 5.57. The number of rotatable bonds is 4. The number of amides is 4. The Labute approximate surface area is 250 Å². The van der Waals surface area contributed by atoms with Crippen molar-refractivity contribution in [3.05, 3.63) is 99.6 Å². The number of anilines is 1. The average molecular weight is 582 g/mol. The van der Waals surface area contributed by atoms with Gasteiger partial charge in [0.1, 0.15) is 0 Å². The van der Waals surface area contributed by atoms with E-state index >= 15 is 0 Å². The van der Waals surface area contributed by atoms with Crippen LogP contribution in [0.2, 0.25) is 5.02 Å². The summed E-state index contributed by atoms with van der Waals surface area (Å²) in [6, 6.07) is 21.5. The minimum atomic E-state index is -0.215. The van der Waals surface area contributed by atoms with Crippen LogP contribution >= 0.6 is 11.6 Å². The van der Waals surface area contributed by atoms with Gasteiger partial charge >= 0.3 is 6.03 Å². The summed E-state index contributed by atoms with van der Waals surface area (Å²) >= 11 is 6.23. The van der Waals surface area contributed by atoms with Gasteiger partial charge in [-0.15, -0.1) is 0 Å². The fourth-order valence-corrected chi connectivity index (χ4v) is 6.74. The van der Waals surface area contributed by atoms with Crippen molar-refractivity contribution in [2.24, 2.45) is 5.41 Å². The Morgan fingerprint density at radius 3 is 2.45 bits per heavy atom. The normalized spacial score (nSPS) is 18.8. The molecule has 0 radical (unpaired) electrons. The molecule has 3 aromatic carbocycles. The molecule has 8 nitrogen and oxygen atoms in total. The Morgan fingerprint density at radius 1 is 0.929 bits per heavy atom. The predicted molar refractivity (Wildman–Crippen MR) is 160 cm³/mol. The van der Waals surface area contributed by atoms with Crippen molar-refractivity contribution in [3.63, 3.8) is 0 Å². The maximum atomic E-state index is 13.6. The van der Waals surface area contributed by atoms with E-state index in [0.717, 1.165) is 43.2 Å². The van der Waals surface area contributed by atoms with Crippen LogP contribution in [-0.4, -0.2) is 53.8 Å². The van der Waals surface area contributed by atoms with Gasteiger partial charge in [-0.3, -0.25) is 9.59 Å². The van der Waals surface area contributed by atoms with E-state index in [9.17, 15) is 14.4 Å². The molecule has 6 rings (SSSR count). The van der Waals surface area contributed by atoms with Gasteiger partial charge in [-0.2, -0.15) is 5.26 Å². The van der Waals surface area contributed by atoms with Crippen LogP contribution in [0.15, 0.2) is 66.7 Å². The third-order valence-corrected chi connectivity index (χ3v) is 9.30. The summed E-state index contributed by atoms with van der Waals surface area (Å²) in [5.74, 6) is -0.206. The first kappa shape index (κ1) is 27.8. The van der Waals surface area contributed by atoms with Crippen molar-refractivity contribution in [2.75, 3.05) is 31.5 Å². The smallest absolute Gasteiger partial charge is 0.321 e. The number of nitriles is 1. The molecule has 0 saturated carbocycles.